The van der Waals surface area contributed by atoms with E-state index in [0.717, 1.165) is 18.9 Å². The van der Waals surface area contributed by atoms with Crippen LogP contribution >= 0.6 is 0 Å². The number of nitrogens with two attached hydrogens (primary N) is 1. The highest BCUT2D eigenvalue weighted by Gasteiger charge is 2.24. The van der Waals surface area contributed by atoms with Crippen molar-refractivity contribution in [2.45, 2.75) is 18.9 Å². The first-order valence-corrected chi connectivity index (χ1v) is 10.9. The highest BCUT2D eigenvalue weighted by molar-refractivity contribution is 6.13. The number of carboxylic acid groups (broad SMARTS) is 1. The van der Waals surface area contributed by atoms with E-state index in [0.29, 0.717) is 24.5 Å². The molecule has 1 aromatic heterocycles. The van der Waals surface area contributed by atoms with E-state index in [1.54, 1.807) is 24.3 Å². The largest absolute Gasteiger partial charge is 0.496 e. The molecule has 0 bridgehead atoms. The lowest BCUT2D eigenvalue weighted by molar-refractivity contribution is 0.0792. The number of rotatable bonds is 7. The number of nitrogens with one attached hydrogen (secondary N) is 1. The zero-order chi connectivity index (χ0) is 24.9. The second kappa shape index (κ2) is 10.2. The molecule has 1 unspecified atom stereocenters. The van der Waals surface area contributed by atoms with E-state index in [9.17, 15) is 14.0 Å². The predicted octanol–water partition coefficient (Wildman–Crippen LogP) is 3.70. The number of aromatic nitrogens is 2. The van der Waals surface area contributed by atoms with Crippen molar-refractivity contribution in [2.24, 2.45) is 0 Å². The standard InChI is InChI=1S/C24H24FN5O5/c1-34-20-9-4-14(25)11-18(20)21(31)19-12-27-23(29-22(19)26)28-15-5-7-16(8-6-15)35-17-3-2-10-30(13-17)24(32)33/h4-9,11-12,17H,2-3,10,13H2,1H3,(H,32,33)(H3,26,27,28,29). The molecule has 1 fully saturated rings. The van der Waals surface area contributed by atoms with Crippen LogP contribution in [0.4, 0.5) is 26.6 Å². The molecule has 2 heterocycles. The van der Waals surface area contributed by atoms with Crippen LogP contribution in [-0.4, -0.2) is 58.2 Å². The number of amides is 1. The number of halogens is 1. The van der Waals surface area contributed by atoms with E-state index in [-0.39, 0.29) is 34.7 Å². The minimum Gasteiger partial charge on any atom is -0.496 e. The van der Waals surface area contributed by atoms with Crippen molar-refractivity contribution in [3.05, 3.63) is 65.6 Å². The lowest BCUT2D eigenvalue weighted by Gasteiger charge is -2.30. The number of ketones is 1. The topological polar surface area (TPSA) is 140 Å². The molecule has 1 amide bonds. The van der Waals surface area contributed by atoms with Crippen LogP contribution in [0.2, 0.25) is 0 Å². The maximum Gasteiger partial charge on any atom is 0.407 e. The molecule has 1 atom stereocenters. The SMILES string of the molecule is COc1ccc(F)cc1C(=O)c1cnc(Nc2ccc(OC3CCCN(C(=O)O)C3)cc2)nc1N. The number of nitrogen functional groups attached to an aromatic ring is 1. The van der Waals surface area contributed by atoms with Crippen LogP contribution in [0.15, 0.2) is 48.7 Å². The first-order valence-electron chi connectivity index (χ1n) is 10.9. The van der Waals surface area contributed by atoms with Crippen LogP contribution < -0.4 is 20.5 Å². The summed E-state index contributed by atoms with van der Waals surface area (Å²) in [6.07, 6.45) is 1.65. The average Bonchev–Trinajstić information content (AvgIpc) is 2.85. The van der Waals surface area contributed by atoms with Gasteiger partial charge in [0.2, 0.25) is 11.7 Å². The number of nitrogens with zero attached hydrogens (tertiary/aromatic N) is 3. The van der Waals surface area contributed by atoms with Gasteiger partial charge in [-0.05, 0) is 55.3 Å². The fourth-order valence-corrected chi connectivity index (χ4v) is 3.78. The van der Waals surface area contributed by atoms with Gasteiger partial charge in [0, 0.05) is 18.4 Å². The van der Waals surface area contributed by atoms with Crippen LogP contribution in [0.25, 0.3) is 0 Å². The zero-order valence-electron chi connectivity index (χ0n) is 18.9. The second-order valence-electron chi connectivity index (χ2n) is 7.93. The minimum atomic E-state index is -0.945. The third kappa shape index (κ3) is 5.57. The van der Waals surface area contributed by atoms with E-state index in [1.807, 2.05) is 0 Å². The molecule has 2 aromatic carbocycles. The summed E-state index contributed by atoms with van der Waals surface area (Å²) in [6, 6.07) is 10.6. The summed E-state index contributed by atoms with van der Waals surface area (Å²) in [6.45, 7) is 0.844. The lowest BCUT2D eigenvalue weighted by Crippen LogP contribution is -2.43. The molecule has 4 N–H and O–H groups in total. The number of hydrogen-bond acceptors (Lipinski definition) is 8. The number of anilines is 3. The highest BCUT2D eigenvalue weighted by atomic mass is 19.1. The summed E-state index contributed by atoms with van der Waals surface area (Å²) in [5.74, 6) is -0.220. The summed E-state index contributed by atoms with van der Waals surface area (Å²) < 4.78 is 24.7. The molecular formula is C24H24FN5O5. The molecule has 182 valence electrons. The fourth-order valence-electron chi connectivity index (χ4n) is 3.78. The van der Waals surface area contributed by atoms with Crippen molar-refractivity contribution in [2.75, 3.05) is 31.2 Å². The summed E-state index contributed by atoms with van der Waals surface area (Å²) in [7, 11) is 1.38. The van der Waals surface area contributed by atoms with Crippen LogP contribution in [0.3, 0.4) is 0 Å². The number of hydrogen-bond donors (Lipinski definition) is 3. The number of carbonyl (C=O) groups is 2. The van der Waals surface area contributed by atoms with E-state index in [2.05, 4.69) is 15.3 Å². The Morgan fingerprint density at radius 1 is 1.20 bits per heavy atom. The summed E-state index contributed by atoms with van der Waals surface area (Å²) in [5, 5.41) is 12.2. The number of methoxy groups -OCH3 is 1. The van der Waals surface area contributed by atoms with E-state index in [1.165, 1.54) is 30.3 Å². The molecular weight excluding hydrogens is 457 g/mol. The molecule has 1 aliphatic rings. The molecule has 1 saturated heterocycles. The first-order chi connectivity index (χ1) is 16.8. The normalized spacial score (nSPS) is 15.4. The molecule has 10 nitrogen and oxygen atoms in total. The molecule has 1 aliphatic heterocycles. The molecule has 11 heteroatoms. The van der Waals surface area contributed by atoms with Gasteiger partial charge in [-0.3, -0.25) is 4.79 Å². The van der Waals surface area contributed by atoms with Gasteiger partial charge in [0.05, 0.1) is 24.8 Å². The molecule has 0 aliphatic carbocycles. The summed E-state index contributed by atoms with van der Waals surface area (Å²) in [4.78, 5) is 33.7. The lowest BCUT2D eigenvalue weighted by atomic mass is 10.0. The second-order valence-corrected chi connectivity index (χ2v) is 7.93. The monoisotopic (exact) mass is 481 g/mol. The number of carbonyl (C=O) groups excluding carboxylic acids is 1. The molecule has 4 rings (SSSR count). The predicted molar refractivity (Wildman–Crippen MR) is 126 cm³/mol. The Morgan fingerprint density at radius 3 is 2.66 bits per heavy atom. The van der Waals surface area contributed by atoms with Crippen molar-refractivity contribution < 1.29 is 28.6 Å². The minimum absolute atomic E-state index is 0.0172. The van der Waals surface area contributed by atoms with Crippen LogP contribution in [0.5, 0.6) is 11.5 Å². The number of benzene rings is 2. The smallest absolute Gasteiger partial charge is 0.407 e. The van der Waals surface area contributed by atoms with E-state index < -0.39 is 17.7 Å². The van der Waals surface area contributed by atoms with Crippen molar-refractivity contribution in [1.82, 2.24) is 14.9 Å². The number of ether oxygens (including phenoxy) is 2. The van der Waals surface area contributed by atoms with Crippen molar-refractivity contribution in [1.29, 1.82) is 0 Å². The average molecular weight is 481 g/mol. The zero-order valence-corrected chi connectivity index (χ0v) is 18.9. The molecule has 0 saturated carbocycles. The van der Waals surface area contributed by atoms with Gasteiger partial charge >= 0.3 is 6.09 Å². The van der Waals surface area contributed by atoms with Gasteiger partial charge in [0.1, 0.15) is 29.2 Å². The summed E-state index contributed by atoms with van der Waals surface area (Å²) in [5.41, 5.74) is 6.68. The molecule has 35 heavy (non-hydrogen) atoms. The molecule has 0 spiro atoms. The van der Waals surface area contributed by atoms with Gasteiger partial charge in [-0.15, -0.1) is 0 Å². The van der Waals surface area contributed by atoms with Crippen molar-refractivity contribution >= 4 is 29.3 Å². The van der Waals surface area contributed by atoms with Crippen molar-refractivity contribution in [3.63, 3.8) is 0 Å². The highest BCUT2D eigenvalue weighted by Crippen LogP contribution is 2.26. The number of piperidine rings is 1. The maximum atomic E-state index is 13.7. The first kappa shape index (κ1) is 23.7. The Morgan fingerprint density at radius 2 is 1.97 bits per heavy atom. The molecule has 3 aromatic rings. The van der Waals surface area contributed by atoms with Crippen LogP contribution in [0.1, 0.15) is 28.8 Å². The summed E-state index contributed by atoms with van der Waals surface area (Å²) >= 11 is 0. The van der Waals surface area contributed by atoms with E-state index >= 15 is 0 Å². The number of likely N-dealkylation sites (tertiary alicyclic amines) is 1. The van der Waals surface area contributed by atoms with E-state index in [4.69, 9.17) is 20.3 Å². The van der Waals surface area contributed by atoms with Crippen molar-refractivity contribution in [3.8, 4) is 11.5 Å². The molecule has 0 radical (unpaired) electrons. The maximum absolute atomic E-state index is 13.7. The van der Waals surface area contributed by atoms with Crippen LogP contribution in [0, 0.1) is 5.82 Å². The Bertz CT molecular complexity index is 1240. The van der Waals surface area contributed by atoms with Gasteiger partial charge in [-0.25, -0.2) is 14.2 Å². The van der Waals surface area contributed by atoms with Crippen LogP contribution in [-0.2, 0) is 0 Å². The Hall–Kier alpha value is -4.41. The van der Waals surface area contributed by atoms with Gasteiger partial charge < -0.3 is 30.5 Å². The Labute approximate surface area is 200 Å². The Kier molecular flexibility index (Phi) is 6.95. The van der Waals surface area contributed by atoms with Gasteiger partial charge in [0.25, 0.3) is 0 Å². The quantitative estimate of drug-likeness (QED) is 0.431. The van der Waals surface area contributed by atoms with Gasteiger partial charge in [0.15, 0.2) is 0 Å². The Balaban J connectivity index is 1.42. The fraction of sp³-hybridized carbons (Fsp3) is 0.250. The third-order valence-electron chi connectivity index (χ3n) is 5.53. The van der Waals surface area contributed by atoms with Gasteiger partial charge in [-0.1, -0.05) is 0 Å². The third-order valence-corrected chi connectivity index (χ3v) is 5.53. The van der Waals surface area contributed by atoms with Gasteiger partial charge in [-0.2, -0.15) is 4.98 Å².